The molecule has 19 heavy (non-hydrogen) atoms. The first-order valence-electron chi connectivity index (χ1n) is 6.68. The summed E-state index contributed by atoms with van der Waals surface area (Å²) < 4.78 is 0. The van der Waals surface area contributed by atoms with Crippen LogP contribution >= 0.6 is 0 Å². The molecule has 1 aromatic heterocycles. The number of nitrogens with one attached hydrogen (secondary N) is 2. The average molecular weight is 264 g/mol. The first-order valence-corrected chi connectivity index (χ1v) is 6.68. The Morgan fingerprint density at radius 2 is 2.42 bits per heavy atom. The number of hydrogen-bond donors (Lipinski definition) is 2. The van der Waals surface area contributed by atoms with Crippen LogP contribution in [0.25, 0.3) is 0 Å². The maximum atomic E-state index is 11.9. The smallest absolute Gasteiger partial charge is 0.240 e. The van der Waals surface area contributed by atoms with Crippen LogP contribution in [-0.2, 0) is 9.59 Å². The summed E-state index contributed by atoms with van der Waals surface area (Å²) in [6, 6.07) is -0.126. The number of imidazole rings is 1. The van der Waals surface area contributed by atoms with Crippen LogP contribution in [0.5, 0.6) is 0 Å². The van der Waals surface area contributed by atoms with Crippen molar-refractivity contribution in [2.75, 3.05) is 13.1 Å². The number of aryl methyl sites for hydroxylation is 1. The number of likely N-dealkylation sites (tertiary alicyclic amines) is 1. The number of carbonyl (C=O) groups excluding carboxylic acids is 2. The van der Waals surface area contributed by atoms with Crippen molar-refractivity contribution in [3.63, 3.8) is 0 Å². The Labute approximate surface area is 112 Å². The highest BCUT2D eigenvalue weighted by atomic mass is 16.2. The first kappa shape index (κ1) is 13.6. The van der Waals surface area contributed by atoms with Crippen molar-refractivity contribution in [2.45, 2.75) is 39.2 Å². The van der Waals surface area contributed by atoms with Gasteiger partial charge in [0.05, 0.1) is 12.6 Å². The van der Waals surface area contributed by atoms with Gasteiger partial charge in [0, 0.05) is 24.9 Å². The molecule has 0 spiro atoms. The fourth-order valence-corrected chi connectivity index (χ4v) is 2.26. The van der Waals surface area contributed by atoms with Gasteiger partial charge < -0.3 is 15.2 Å². The Bertz CT molecular complexity index is 469. The van der Waals surface area contributed by atoms with E-state index in [9.17, 15) is 9.59 Å². The molecule has 2 N–H and O–H groups in total. The average Bonchev–Trinajstić information content (AvgIpc) is 2.96. The highest BCUT2D eigenvalue weighted by molar-refractivity contribution is 5.85. The molecule has 0 aromatic carbocycles. The fraction of sp³-hybridized carbons (Fsp3) is 0.615. The summed E-state index contributed by atoms with van der Waals surface area (Å²) in [5, 5.41) is 2.92. The van der Waals surface area contributed by atoms with E-state index >= 15 is 0 Å². The molecule has 0 radical (unpaired) electrons. The number of carbonyl (C=O) groups is 2. The first-order chi connectivity index (χ1) is 9.10. The summed E-state index contributed by atoms with van der Waals surface area (Å²) in [7, 11) is 0. The number of H-pyrrole nitrogens is 1. The van der Waals surface area contributed by atoms with Crippen LogP contribution in [0.1, 0.15) is 43.7 Å². The predicted octanol–water partition coefficient (Wildman–Crippen LogP) is 0.908. The van der Waals surface area contributed by atoms with E-state index in [1.807, 2.05) is 13.8 Å². The molecule has 1 aliphatic heterocycles. The normalized spacial score (nSPS) is 16.7. The highest BCUT2D eigenvalue weighted by Gasteiger charge is 2.23. The van der Waals surface area contributed by atoms with Crippen LogP contribution in [-0.4, -0.2) is 39.8 Å². The Morgan fingerprint density at radius 1 is 1.63 bits per heavy atom. The zero-order valence-electron chi connectivity index (χ0n) is 11.4. The van der Waals surface area contributed by atoms with Gasteiger partial charge in [-0.15, -0.1) is 0 Å². The lowest BCUT2D eigenvalue weighted by Gasteiger charge is -2.19. The molecule has 1 aromatic rings. The molecule has 6 nitrogen and oxygen atoms in total. The minimum Gasteiger partial charge on any atom is -0.345 e. The standard InChI is InChI=1S/C13H20N4O2/c1-3-10(13-14-7-9(2)15-13)16-11(18)8-17-6-4-5-12(17)19/h7,10H,3-6,8H2,1-2H3,(H,14,15)(H,16,18)/t10-/m1/s1. The molecule has 0 aliphatic carbocycles. The molecular formula is C13H20N4O2. The van der Waals surface area contributed by atoms with Crippen molar-refractivity contribution in [2.24, 2.45) is 0 Å². The van der Waals surface area contributed by atoms with Crippen molar-refractivity contribution >= 4 is 11.8 Å². The zero-order chi connectivity index (χ0) is 13.8. The molecule has 0 bridgehead atoms. The summed E-state index contributed by atoms with van der Waals surface area (Å²) in [6.45, 7) is 4.75. The molecule has 2 heterocycles. The van der Waals surface area contributed by atoms with E-state index in [0.717, 1.165) is 24.4 Å². The quantitative estimate of drug-likeness (QED) is 0.829. The highest BCUT2D eigenvalue weighted by Crippen LogP contribution is 2.13. The second-order valence-electron chi connectivity index (χ2n) is 4.90. The Morgan fingerprint density at radius 3 is 2.95 bits per heavy atom. The SMILES string of the molecule is CC[C@@H](NC(=O)CN1CCCC1=O)c1ncc(C)[nH]1. The van der Waals surface area contributed by atoms with Crippen LogP contribution in [0.2, 0.25) is 0 Å². The van der Waals surface area contributed by atoms with Gasteiger partial charge in [-0.1, -0.05) is 6.92 Å². The van der Waals surface area contributed by atoms with E-state index in [-0.39, 0.29) is 24.4 Å². The van der Waals surface area contributed by atoms with E-state index in [4.69, 9.17) is 0 Å². The zero-order valence-corrected chi connectivity index (χ0v) is 11.4. The van der Waals surface area contributed by atoms with Crippen LogP contribution in [0, 0.1) is 6.92 Å². The van der Waals surface area contributed by atoms with Gasteiger partial charge in [0.15, 0.2) is 0 Å². The lowest BCUT2D eigenvalue weighted by molar-refractivity contribution is -0.133. The predicted molar refractivity (Wildman–Crippen MR) is 70.3 cm³/mol. The number of rotatable bonds is 5. The monoisotopic (exact) mass is 264 g/mol. The third kappa shape index (κ3) is 3.33. The third-order valence-electron chi connectivity index (χ3n) is 3.30. The van der Waals surface area contributed by atoms with Gasteiger partial charge in [-0.25, -0.2) is 4.98 Å². The molecule has 0 saturated carbocycles. The van der Waals surface area contributed by atoms with Crippen molar-refractivity contribution < 1.29 is 9.59 Å². The fourth-order valence-electron chi connectivity index (χ4n) is 2.26. The Hall–Kier alpha value is -1.85. The van der Waals surface area contributed by atoms with E-state index in [1.165, 1.54) is 0 Å². The van der Waals surface area contributed by atoms with E-state index in [0.29, 0.717) is 13.0 Å². The topological polar surface area (TPSA) is 78.1 Å². The molecule has 1 aliphatic rings. The molecule has 6 heteroatoms. The number of aromatic amines is 1. The van der Waals surface area contributed by atoms with E-state index in [1.54, 1.807) is 11.1 Å². The summed E-state index contributed by atoms with van der Waals surface area (Å²) in [5.74, 6) is 0.703. The van der Waals surface area contributed by atoms with Crippen molar-refractivity contribution in [1.82, 2.24) is 20.2 Å². The van der Waals surface area contributed by atoms with Crippen molar-refractivity contribution in [3.05, 3.63) is 17.7 Å². The second kappa shape index (κ2) is 5.86. The minimum absolute atomic E-state index is 0.0667. The number of hydrogen-bond acceptors (Lipinski definition) is 3. The lowest BCUT2D eigenvalue weighted by Crippen LogP contribution is -2.39. The maximum Gasteiger partial charge on any atom is 0.240 e. The van der Waals surface area contributed by atoms with E-state index < -0.39 is 0 Å². The number of aromatic nitrogens is 2. The molecule has 1 saturated heterocycles. The van der Waals surface area contributed by atoms with Crippen LogP contribution < -0.4 is 5.32 Å². The number of nitrogens with zero attached hydrogens (tertiary/aromatic N) is 2. The van der Waals surface area contributed by atoms with E-state index in [2.05, 4.69) is 15.3 Å². The third-order valence-corrected chi connectivity index (χ3v) is 3.30. The summed E-state index contributed by atoms with van der Waals surface area (Å²) in [5.41, 5.74) is 0.970. The maximum absolute atomic E-state index is 11.9. The van der Waals surface area contributed by atoms with Crippen molar-refractivity contribution in [3.8, 4) is 0 Å². The Balaban J connectivity index is 1.91. The van der Waals surface area contributed by atoms with Gasteiger partial charge in [-0.3, -0.25) is 9.59 Å². The molecule has 0 unspecified atom stereocenters. The molecule has 104 valence electrons. The van der Waals surface area contributed by atoms with Gasteiger partial charge in [0.1, 0.15) is 5.82 Å². The molecular weight excluding hydrogens is 244 g/mol. The lowest BCUT2D eigenvalue weighted by atomic mass is 10.2. The second-order valence-corrected chi connectivity index (χ2v) is 4.90. The molecule has 2 amide bonds. The largest absolute Gasteiger partial charge is 0.345 e. The minimum atomic E-state index is -0.129. The summed E-state index contributed by atoms with van der Waals surface area (Å²) >= 11 is 0. The van der Waals surface area contributed by atoms with Crippen molar-refractivity contribution in [1.29, 1.82) is 0 Å². The van der Waals surface area contributed by atoms with Gasteiger partial charge in [-0.05, 0) is 19.8 Å². The van der Waals surface area contributed by atoms with Gasteiger partial charge in [0.25, 0.3) is 0 Å². The molecule has 1 atom stereocenters. The Kier molecular flexibility index (Phi) is 4.19. The molecule has 1 fully saturated rings. The summed E-state index contributed by atoms with van der Waals surface area (Å²) in [6.07, 6.45) is 3.91. The summed E-state index contributed by atoms with van der Waals surface area (Å²) in [4.78, 5) is 32.4. The van der Waals surface area contributed by atoms with Crippen LogP contribution in [0.15, 0.2) is 6.20 Å². The van der Waals surface area contributed by atoms with Gasteiger partial charge in [-0.2, -0.15) is 0 Å². The van der Waals surface area contributed by atoms with Crippen LogP contribution in [0.3, 0.4) is 0 Å². The number of amides is 2. The molecule has 2 rings (SSSR count). The van der Waals surface area contributed by atoms with Gasteiger partial charge in [0.2, 0.25) is 11.8 Å². The van der Waals surface area contributed by atoms with Crippen LogP contribution in [0.4, 0.5) is 0 Å². The van der Waals surface area contributed by atoms with Gasteiger partial charge >= 0.3 is 0 Å².